The summed E-state index contributed by atoms with van der Waals surface area (Å²) in [5.41, 5.74) is 3.27. The van der Waals surface area contributed by atoms with Crippen molar-refractivity contribution in [2.75, 3.05) is 6.54 Å². The number of nitrogens with one attached hydrogen (secondary N) is 1. The van der Waals surface area contributed by atoms with Crippen molar-refractivity contribution in [3.63, 3.8) is 0 Å². The summed E-state index contributed by atoms with van der Waals surface area (Å²) in [6, 6.07) is 16.1. The van der Waals surface area contributed by atoms with Crippen LogP contribution < -0.4 is 5.32 Å². The van der Waals surface area contributed by atoms with Crippen LogP contribution in [-0.2, 0) is 6.42 Å². The Morgan fingerprint density at radius 1 is 0.806 bits per heavy atom. The Kier molecular flexibility index (Phi) is 12.4. The average molecular weight is 442 g/mol. The number of carbonyl (C=O) groups excluding carboxylic acids is 1. The number of benzene rings is 2. The van der Waals surface area contributed by atoms with Gasteiger partial charge in [0.05, 0.1) is 0 Å². The van der Waals surface area contributed by atoms with E-state index in [1.165, 1.54) is 68.9 Å². The molecule has 2 aromatic carbocycles. The van der Waals surface area contributed by atoms with Crippen LogP contribution in [0.5, 0.6) is 0 Å². The molecule has 0 fully saturated rings. The number of rotatable bonds is 15. The molecule has 0 saturated heterocycles. The molecule has 3 heteroatoms. The predicted octanol–water partition coefficient (Wildman–Crippen LogP) is 8.34. The summed E-state index contributed by atoms with van der Waals surface area (Å²) in [4.78, 5) is 12.4. The highest BCUT2D eigenvalue weighted by atomic mass is 35.5. The van der Waals surface area contributed by atoms with Crippen LogP contribution in [0.25, 0.3) is 0 Å². The molecule has 1 atom stereocenters. The zero-order chi connectivity index (χ0) is 22.3. The fourth-order valence-electron chi connectivity index (χ4n) is 3.97. The first-order valence-electron chi connectivity index (χ1n) is 12.2. The minimum Gasteiger partial charge on any atom is -0.352 e. The second kappa shape index (κ2) is 15.1. The lowest BCUT2D eigenvalue weighted by Crippen LogP contribution is -2.24. The lowest BCUT2D eigenvalue weighted by Gasteiger charge is -2.12. The molecule has 0 heterocycles. The SMILES string of the molecule is CCCCCCCCCCCCNC(=O)c1ccc(C[C@@H](C)c2ccc(Cl)cc2)cc1. The van der Waals surface area contributed by atoms with Crippen LogP contribution in [-0.4, -0.2) is 12.5 Å². The highest BCUT2D eigenvalue weighted by Gasteiger charge is 2.09. The van der Waals surface area contributed by atoms with E-state index in [4.69, 9.17) is 11.6 Å². The standard InChI is InChI=1S/C28H40ClNO/c1-3-4-5-6-7-8-9-10-11-12-21-30-28(31)26-15-13-24(14-16-26)22-23(2)25-17-19-27(29)20-18-25/h13-20,23H,3-12,21-22H2,1-2H3,(H,30,31)/t23-/m1/s1. The molecule has 170 valence electrons. The second-order valence-corrected chi connectivity index (χ2v) is 9.23. The van der Waals surface area contributed by atoms with E-state index >= 15 is 0 Å². The van der Waals surface area contributed by atoms with Crippen LogP contribution >= 0.6 is 11.6 Å². The van der Waals surface area contributed by atoms with Gasteiger partial charge >= 0.3 is 0 Å². The third kappa shape index (κ3) is 10.4. The molecule has 0 aliphatic carbocycles. The first kappa shape index (κ1) is 25.5. The van der Waals surface area contributed by atoms with Crippen molar-refractivity contribution < 1.29 is 4.79 Å². The third-order valence-corrected chi connectivity index (χ3v) is 6.26. The normalized spacial score (nSPS) is 12.0. The maximum atomic E-state index is 12.4. The average Bonchev–Trinajstić information content (AvgIpc) is 2.78. The molecule has 0 saturated carbocycles. The van der Waals surface area contributed by atoms with Crippen molar-refractivity contribution in [2.24, 2.45) is 0 Å². The monoisotopic (exact) mass is 441 g/mol. The van der Waals surface area contributed by atoms with E-state index in [1.807, 2.05) is 24.3 Å². The van der Waals surface area contributed by atoms with Crippen LogP contribution in [0.4, 0.5) is 0 Å². The topological polar surface area (TPSA) is 29.1 Å². The van der Waals surface area contributed by atoms with E-state index in [1.54, 1.807) is 0 Å². The first-order valence-corrected chi connectivity index (χ1v) is 12.6. The van der Waals surface area contributed by atoms with Crippen molar-refractivity contribution >= 4 is 17.5 Å². The molecule has 1 amide bonds. The van der Waals surface area contributed by atoms with Gasteiger partial charge in [0, 0.05) is 17.1 Å². The molecule has 1 N–H and O–H groups in total. The Hall–Kier alpha value is -1.80. The predicted molar refractivity (Wildman–Crippen MR) is 134 cm³/mol. The molecule has 2 nitrogen and oxygen atoms in total. The van der Waals surface area contributed by atoms with Crippen LogP contribution in [0.1, 0.15) is 105 Å². The van der Waals surface area contributed by atoms with E-state index in [2.05, 4.69) is 43.4 Å². The van der Waals surface area contributed by atoms with Crippen molar-refractivity contribution in [1.29, 1.82) is 0 Å². The molecule has 2 aromatic rings. The first-order chi connectivity index (χ1) is 15.1. The molecular weight excluding hydrogens is 402 g/mol. The zero-order valence-electron chi connectivity index (χ0n) is 19.5. The smallest absolute Gasteiger partial charge is 0.251 e. The summed E-state index contributed by atoms with van der Waals surface area (Å²) in [6.07, 6.45) is 14.1. The molecule has 31 heavy (non-hydrogen) atoms. The number of unbranched alkanes of at least 4 members (excludes halogenated alkanes) is 9. The van der Waals surface area contributed by atoms with Gasteiger partial charge in [-0.3, -0.25) is 4.79 Å². The summed E-state index contributed by atoms with van der Waals surface area (Å²) in [5.74, 6) is 0.446. The second-order valence-electron chi connectivity index (χ2n) is 8.79. The molecule has 2 rings (SSSR count). The Morgan fingerprint density at radius 2 is 1.35 bits per heavy atom. The lowest BCUT2D eigenvalue weighted by molar-refractivity contribution is 0.0953. The van der Waals surface area contributed by atoms with Crippen LogP contribution in [0.3, 0.4) is 0 Å². The zero-order valence-corrected chi connectivity index (χ0v) is 20.2. The highest BCUT2D eigenvalue weighted by molar-refractivity contribution is 6.30. The van der Waals surface area contributed by atoms with Gasteiger partial charge in [-0.15, -0.1) is 0 Å². The Bertz CT molecular complexity index is 739. The fourth-order valence-corrected chi connectivity index (χ4v) is 4.10. The summed E-state index contributed by atoms with van der Waals surface area (Å²) >= 11 is 5.98. The number of carbonyl (C=O) groups is 1. The minimum absolute atomic E-state index is 0.0354. The highest BCUT2D eigenvalue weighted by Crippen LogP contribution is 2.22. The Morgan fingerprint density at radius 3 is 1.94 bits per heavy atom. The maximum absolute atomic E-state index is 12.4. The van der Waals surface area contributed by atoms with Gasteiger partial charge in [-0.25, -0.2) is 0 Å². The van der Waals surface area contributed by atoms with Crippen LogP contribution in [0.15, 0.2) is 48.5 Å². The number of hydrogen-bond donors (Lipinski definition) is 1. The molecule has 0 aliphatic rings. The van der Waals surface area contributed by atoms with Crippen molar-refractivity contribution in [3.05, 3.63) is 70.2 Å². The van der Waals surface area contributed by atoms with Gasteiger partial charge in [-0.2, -0.15) is 0 Å². The van der Waals surface area contributed by atoms with Gasteiger partial charge in [0.15, 0.2) is 0 Å². The van der Waals surface area contributed by atoms with E-state index in [0.717, 1.165) is 30.0 Å². The van der Waals surface area contributed by atoms with Gasteiger partial charge in [0.25, 0.3) is 5.91 Å². The van der Waals surface area contributed by atoms with Gasteiger partial charge in [-0.05, 0) is 54.2 Å². The van der Waals surface area contributed by atoms with Gasteiger partial charge in [0.2, 0.25) is 0 Å². The Labute approximate surface area is 194 Å². The van der Waals surface area contributed by atoms with E-state index in [9.17, 15) is 4.79 Å². The van der Waals surface area contributed by atoms with E-state index in [-0.39, 0.29) is 5.91 Å². The van der Waals surface area contributed by atoms with Crippen molar-refractivity contribution in [2.45, 2.75) is 90.4 Å². The number of hydrogen-bond acceptors (Lipinski definition) is 1. The molecular formula is C28H40ClNO. The lowest BCUT2D eigenvalue weighted by atomic mass is 9.93. The van der Waals surface area contributed by atoms with Crippen molar-refractivity contribution in [3.8, 4) is 0 Å². The molecule has 0 aliphatic heterocycles. The molecule has 0 aromatic heterocycles. The quantitative estimate of drug-likeness (QED) is 0.276. The summed E-state index contributed by atoms with van der Waals surface area (Å²) in [6.45, 7) is 5.25. The molecule has 0 bridgehead atoms. The Balaban J connectivity index is 1.59. The van der Waals surface area contributed by atoms with Gasteiger partial charge < -0.3 is 5.32 Å². The largest absolute Gasteiger partial charge is 0.352 e. The van der Waals surface area contributed by atoms with E-state index in [0.29, 0.717) is 5.92 Å². The maximum Gasteiger partial charge on any atom is 0.251 e. The summed E-state index contributed by atoms with van der Waals surface area (Å²) in [5, 5.41) is 3.83. The van der Waals surface area contributed by atoms with Gasteiger partial charge in [0.1, 0.15) is 0 Å². The van der Waals surface area contributed by atoms with E-state index < -0.39 is 0 Å². The van der Waals surface area contributed by atoms with Crippen molar-refractivity contribution in [1.82, 2.24) is 5.32 Å². The molecule has 0 spiro atoms. The fraction of sp³-hybridized carbons (Fsp3) is 0.536. The van der Waals surface area contributed by atoms with Crippen LogP contribution in [0.2, 0.25) is 5.02 Å². The number of halogens is 1. The van der Waals surface area contributed by atoms with Crippen LogP contribution in [0, 0.1) is 0 Å². The number of amides is 1. The molecule has 0 unspecified atom stereocenters. The summed E-state index contributed by atoms with van der Waals surface area (Å²) < 4.78 is 0. The van der Waals surface area contributed by atoms with Gasteiger partial charge in [-0.1, -0.05) is 108 Å². The minimum atomic E-state index is 0.0354. The molecule has 0 radical (unpaired) electrons. The third-order valence-electron chi connectivity index (χ3n) is 6.01. The summed E-state index contributed by atoms with van der Waals surface area (Å²) in [7, 11) is 0.